The standard InChI is InChI=1S/C31H51NO5S/c1-3-5-7-9-11-13-15-16-17-19-21-23-25-27-31(34)32-29(28-38(35,36)37)30(33)26-24-22-20-18-14-12-10-8-6-4-2/h5,7,11,13-14,16-18,21,23-24,26,29-30,33H,3-4,6,8-10,12,15,19-20,22,25,27-28H2,1-2H3,(H,32,34)(H,35,36,37)/b7-5-,13-11-,17-16-,18-14+,23-21-,26-24+. The molecule has 0 spiro atoms. The Morgan fingerprint density at radius 3 is 1.89 bits per heavy atom. The summed E-state index contributed by atoms with van der Waals surface area (Å²) in [5.41, 5.74) is 0. The van der Waals surface area contributed by atoms with E-state index in [-0.39, 0.29) is 12.3 Å². The zero-order valence-electron chi connectivity index (χ0n) is 23.5. The van der Waals surface area contributed by atoms with Gasteiger partial charge in [-0.25, -0.2) is 0 Å². The predicted molar refractivity (Wildman–Crippen MR) is 161 cm³/mol. The Hall–Kier alpha value is -2.22. The van der Waals surface area contributed by atoms with E-state index < -0.39 is 28.0 Å². The normalized spacial score (nSPS) is 14.7. The Kier molecular flexibility index (Phi) is 23.6. The molecule has 0 aromatic carbocycles. The molecule has 2 unspecified atom stereocenters. The molecule has 0 aromatic heterocycles. The van der Waals surface area contributed by atoms with Crippen LogP contribution in [0.4, 0.5) is 0 Å². The van der Waals surface area contributed by atoms with Crippen LogP contribution in [0.1, 0.15) is 97.3 Å². The Morgan fingerprint density at radius 1 is 0.737 bits per heavy atom. The van der Waals surface area contributed by atoms with Gasteiger partial charge in [-0.05, 0) is 57.8 Å². The Morgan fingerprint density at radius 2 is 1.29 bits per heavy atom. The van der Waals surface area contributed by atoms with Gasteiger partial charge < -0.3 is 10.4 Å². The summed E-state index contributed by atoms with van der Waals surface area (Å²) in [6.07, 6.45) is 34.8. The first-order valence-electron chi connectivity index (χ1n) is 14.1. The third-order valence-electron chi connectivity index (χ3n) is 5.63. The number of nitrogens with one attached hydrogen (secondary N) is 1. The van der Waals surface area contributed by atoms with E-state index in [1.807, 2.05) is 12.2 Å². The molecule has 0 fully saturated rings. The van der Waals surface area contributed by atoms with Crippen LogP contribution in [-0.2, 0) is 14.9 Å². The molecule has 0 bridgehead atoms. The molecule has 1 amide bonds. The lowest BCUT2D eigenvalue weighted by Gasteiger charge is -2.20. The maximum atomic E-state index is 12.3. The summed E-state index contributed by atoms with van der Waals surface area (Å²) in [7, 11) is -4.36. The van der Waals surface area contributed by atoms with E-state index in [1.165, 1.54) is 31.8 Å². The molecule has 6 nitrogen and oxygen atoms in total. The van der Waals surface area contributed by atoms with Gasteiger partial charge in [0.25, 0.3) is 10.1 Å². The smallest absolute Gasteiger partial charge is 0.267 e. The van der Waals surface area contributed by atoms with Gasteiger partial charge in [0.05, 0.1) is 17.9 Å². The van der Waals surface area contributed by atoms with Gasteiger partial charge in [-0.2, -0.15) is 8.42 Å². The number of carbonyl (C=O) groups is 1. The molecule has 0 saturated heterocycles. The molecule has 0 rings (SSSR count). The van der Waals surface area contributed by atoms with Crippen molar-refractivity contribution < 1.29 is 22.9 Å². The second kappa shape index (κ2) is 25.1. The Balaban J connectivity index is 4.37. The zero-order valence-corrected chi connectivity index (χ0v) is 24.3. The maximum absolute atomic E-state index is 12.3. The van der Waals surface area contributed by atoms with E-state index in [4.69, 9.17) is 0 Å². The van der Waals surface area contributed by atoms with Gasteiger partial charge in [-0.1, -0.05) is 106 Å². The van der Waals surface area contributed by atoms with Crippen molar-refractivity contribution in [2.24, 2.45) is 0 Å². The third-order valence-corrected chi connectivity index (χ3v) is 6.41. The van der Waals surface area contributed by atoms with E-state index in [1.54, 1.807) is 6.08 Å². The van der Waals surface area contributed by atoms with Gasteiger partial charge in [-0.3, -0.25) is 9.35 Å². The number of aliphatic hydroxyl groups excluding tert-OH is 1. The highest BCUT2D eigenvalue weighted by Crippen LogP contribution is 2.06. The first-order chi connectivity index (χ1) is 18.3. The number of aliphatic hydroxyl groups is 1. The summed E-state index contributed by atoms with van der Waals surface area (Å²) >= 11 is 0. The molecule has 0 aliphatic heterocycles. The van der Waals surface area contributed by atoms with Crippen molar-refractivity contribution in [2.75, 3.05) is 5.75 Å². The number of amides is 1. The lowest BCUT2D eigenvalue weighted by Crippen LogP contribution is -2.46. The van der Waals surface area contributed by atoms with E-state index in [0.29, 0.717) is 12.8 Å². The van der Waals surface area contributed by atoms with Crippen molar-refractivity contribution >= 4 is 16.0 Å². The number of carbonyl (C=O) groups excluding carboxylic acids is 1. The minimum absolute atomic E-state index is 0.162. The highest BCUT2D eigenvalue weighted by atomic mass is 32.2. The van der Waals surface area contributed by atoms with Crippen LogP contribution in [0.3, 0.4) is 0 Å². The quantitative estimate of drug-likeness (QED) is 0.0712. The SMILES string of the molecule is CC/C=C\C/C=C\C/C=C\C/C=C\CCC(=O)NC(CS(=O)(=O)O)C(O)/C=C/CC/C=C/CCCCCC. The molecular weight excluding hydrogens is 498 g/mol. The Bertz CT molecular complexity index is 869. The van der Waals surface area contributed by atoms with Gasteiger partial charge in [-0.15, -0.1) is 0 Å². The first-order valence-corrected chi connectivity index (χ1v) is 15.7. The van der Waals surface area contributed by atoms with Gasteiger partial charge in [0, 0.05) is 6.42 Å². The molecule has 0 aliphatic carbocycles. The van der Waals surface area contributed by atoms with E-state index in [0.717, 1.165) is 38.5 Å². The molecule has 2 atom stereocenters. The summed E-state index contributed by atoms with van der Waals surface area (Å²) in [5, 5.41) is 13.0. The fourth-order valence-corrected chi connectivity index (χ4v) is 4.26. The number of unbranched alkanes of at least 4 members (excludes halogenated alkanes) is 5. The topological polar surface area (TPSA) is 104 Å². The summed E-state index contributed by atoms with van der Waals surface area (Å²) < 4.78 is 32.0. The molecule has 0 radical (unpaired) electrons. The Labute approximate surface area is 232 Å². The maximum Gasteiger partial charge on any atom is 0.267 e. The van der Waals surface area contributed by atoms with Gasteiger partial charge in [0.15, 0.2) is 0 Å². The number of hydrogen-bond donors (Lipinski definition) is 3. The van der Waals surface area contributed by atoms with Crippen molar-refractivity contribution in [3.63, 3.8) is 0 Å². The van der Waals surface area contributed by atoms with E-state index in [2.05, 4.69) is 67.8 Å². The molecule has 0 saturated carbocycles. The van der Waals surface area contributed by atoms with Crippen molar-refractivity contribution in [3.8, 4) is 0 Å². The average Bonchev–Trinajstić information content (AvgIpc) is 2.86. The number of rotatable bonds is 23. The zero-order chi connectivity index (χ0) is 28.3. The van der Waals surface area contributed by atoms with Gasteiger partial charge >= 0.3 is 0 Å². The molecule has 3 N–H and O–H groups in total. The second-order valence-electron chi connectivity index (χ2n) is 9.28. The van der Waals surface area contributed by atoms with Crippen molar-refractivity contribution in [2.45, 2.75) is 109 Å². The highest BCUT2D eigenvalue weighted by Gasteiger charge is 2.24. The lowest BCUT2D eigenvalue weighted by molar-refractivity contribution is -0.122. The molecule has 0 aliphatic rings. The lowest BCUT2D eigenvalue weighted by atomic mass is 10.1. The fraction of sp³-hybridized carbons (Fsp3) is 0.581. The summed E-state index contributed by atoms with van der Waals surface area (Å²) in [4.78, 5) is 12.3. The van der Waals surface area contributed by atoms with Crippen LogP contribution in [-0.4, -0.2) is 41.9 Å². The first kappa shape index (κ1) is 35.8. The van der Waals surface area contributed by atoms with Crippen LogP contribution in [0.2, 0.25) is 0 Å². The largest absolute Gasteiger partial charge is 0.387 e. The predicted octanol–water partition coefficient (Wildman–Crippen LogP) is 7.17. The highest BCUT2D eigenvalue weighted by molar-refractivity contribution is 7.85. The third kappa shape index (κ3) is 25.4. The number of allylic oxidation sites excluding steroid dienone is 11. The van der Waals surface area contributed by atoms with Crippen molar-refractivity contribution in [3.05, 3.63) is 72.9 Å². The van der Waals surface area contributed by atoms with Crippen molar-refractivity contribution in [1.82, 2.24) is 5.32 Å². The van der Waals surface area contributed by atoms with Crippen LogP contribution >= 0.6 is 0 Å². The molecule has 38 heavy (non-hydrogen) atoms. The molecule has 0 aromatic rings. The van der Waals surface area contributed by atoms with Gasteiger partial charge in [0.2, 0.25) is 5.91 Å². The summed E-state index contributed by atoms with van der Waals surface area (Å²) in [5.74, 6) is -1.12. The van der Waals surface area contributed by atoms with Crippen LogP contribution in [0.5, 0.6) is 0 Å². The van der Waals surface area contributed by atoms with Crippen LogP contribution in [0.15, 0.2) is 72.9 Å². The van der Waals surface area contributed by atoms with Crippen molar-refractivity contribution in [1.29, 1.82) is 0 Å². The second-order valence-corrected chi connectivity index (χ2v) is 10.8. The minimum Gasteiger partial charge on any atom is -0.387 e. The van der Waals surface area contributed by atoms with Crippen LogP contribution in [0.25, 0.3) is 0 Å². The van der Waals surface area contributed by atoms with Crippen LogP contribution in [0, 0.1) is 0 Å². The van der Waals surface area contributed by atoms with E-state index >= 15 is 0 Å². The summed E-state index contributed by atoms with van der Waals surface area (Å²) in [6.45, 7) is 4.31. The molecule has 7 heteroatoms. The van der Waals surface area contributed by atoms with E-state index in [9.17, 15) is 22.9 Å². The van der Waals surface area contributed by atoms with Gasteiger partial charge in [0.1, 0.15) is 0 Å². The van der Waals surface area contributed by atoms with Crippen LogP contribution < -0.4 is 5.32 Å². The fourth-order valence-electron chi connectivity index (χ4n) is 3.53. The molecule has 216 valence electrons. The number of hydrogen-bond acceptors (Lipinski definition) is 4. The monoisotopic (exact) mass is 549 g/mol. The molecule has 0 heterocycles. The average molecular weight is 550 g/mol. The summed E-state index contributed by atoms with van der Waals surface area (Å²) in [6, 6.07) is -1.11. The molecular formula is C31H51NO5S. The minimum atomic E-state index is -4.36.